The van der Waals surface area contributed by atoms with E-state index < -0.39 is 23.6 Å². The van der Waals surface area contributed by atoms with Crippen molar-refractivity contribution in [2.75, 3.05) is 12.0 Å². The first kappa shape index (κ1) is 20.1. The maximum atomic E-state index is 13.2. The van der Waals surface area contributed by atoms with Crippen LogP contribution in [-0.4, -0.2) is 30.0 Å². The van der Waals surface area contributed by atoms with Gasteiger partial charge in [0.05, 0.1) is 18.4 Å². The Balaban J connectivity index is 2.11. The zero-order valence-corrected chi connectivity index (χ0v) is 15.8. The first-order valence-corrected chi connectivity index (χ1v) is 8.74. The number of anilines is 1. The van der Waals surface area contributed by atoms with Crippen molar-refractivity contribution in [3.63, 3.8) is 0 Å². The van der Waals surface area contributed by atoms with Gasteiger partial charge >= 0.3 is 5.97 Å². The van der Waals surface area contributed by atoms with Crippen molar-refractivity contribution in [3.8, 4) is 5.75 Å². The number of carbonyl (C=O) groups excluding carboxylic acids is 2. The molecule has 0 saturated heterocycles. The maximum absolute atomic E-state index is 13.2. The van der Waals surface area contributed by atoms with Crippen molar-refractivity contribution < 1.29 is 28.6 Å². The number of carboxylic acid groups (broad SMARTS) is 1. The van der Waals surface area contributed by atoms with E-state index in [1.165, 1.54) is 54.6 Å². The Morgan fingerprint density at radius 1 is 1.21 bits per heavy atom. The Kier molecular flexibility index (Phi) is 5.36. The van der Waals surface area contributed by atoms with Gasteiger partial charge in [0.15, 0.2) is 0 Å². The number of benzene rings is 2. The van der Waals surface area contributed by atoms with Gasteiger partial charge in [0.2, 0.25) is 11.8 Å². The van der Waals surface area contributed by atoms with Crippen LogP contribution >= 0.6 is 0 Å². The molecule has 2 amide bonds. The number of hydrogen-bond donors (Lipinski definition) is 2. The second-order valence-corrected chi connectivity index (χ2v) is 6.62. The fourth-order valence-electron chi connectivity index (χ4n) is 3.48. The average molecular weight is 398 g/mol. The van der Waals surface area contributed by atoms with Gasteiger partial charge < -0.3 is 15.6 Å². The van der Waals surface area contributed by atoms with Gasteiger partial charge in [-0.25, -0.2) is 9.18 Å². The second-order valence-electron chi connectivity index (χ2n) is 6.62. The molecule has 0 radical (unpaired) electrons. The first-order valence-electron chi connectivity index (χ1n) is 8.74. The fraction of sp³-hybridized carbons (Fsp3) is 0.190. The molecule has 0 fully saturated rings. The number of aliphatic carboxylic acids is 1. The van der Waals surface area contributed by atoms with Crippen LogP contribution in [0.15, 0.2) is 48.2 Å². The lowest BCUT2D eigenvalue weighted by Gasteiger charge is -2.31. The van der Waals surface area contributed by atoms with E-state index in [1.54, 1.807) is 6.92 Å². The highest BCUT2D eigenvalue weighted by Crippen LogP contribution is 2.40. The molecule has 2 aromatic rings. The summed E-state index contributed by atoms with van der Waals surface area (Å²) in [5.74, 6) is -3.12. The molecule has 7 nitrogen and oxygen atoms in total. The quantitative estimate of drug-likeness (QED) is 0.805. The molecule has 8 heteroatoms. The number of nitrogens with zero attached hydrogens (tertiary/aromatic N) is 1. The summed E-state index contributed by atoms with van der Waals surface area (Å²) in [6, 6.07) is 8.32. The molecule has 1 aliphatic heterocycles. The van der Waals surface area contributed by atoms with E-state index in [0.29, 0.717) is 16.8 Å². The molecule has 3 rings (SSSR count). The topological polar surface area (TPSA) is 110 Å². The molecule has 1 heterocycles. The third kappa shape index (κ3) is 3.69. The maximum Gasteiger partial charge on any atom is 0.333 e. The number of amides is 2. The third-order valence-corrected chi connectivity index (χ3v) is 4.92. The Labute approximate surface area is 166 Å². The zero-order valence-electron chi connectivity index (χ0n) is 15.8. The van der Waals surface area contributed by atoms with Crippen LogP contribution in [0.3, 0.4) is 0 Å². The summed E-state index contributed by atoms with van der Waals surface area (Å²) in [4.78, 5) is 37.5. The molecule has 0 spiro atoms. The highest BCUT2D eigenvalue weighted by Gasteiger charge is 2.34. The fourth-order valence-corrected chi connectivity index (χ4v) is 3.48. The van der Waals surface area contributed by atoms with Gasteiger partial charge in [-0.3, -0.25) is 14.5 Å². The van der Waals surface area contributed by atoms with Gasteiger partial charge in [-0.15, -0.1) is 0 Å². The lowest BCUT2D eigenvalue weighted by Crippen LogP contribution is -2.34. The van der Waals surface area contributed by atoms with Crippen LogP contribution in [0.5, 0.6) is 5.75 Å². The standard InChI is InChI=1S/C21H19FN2O5/c1-11-14(20(23)26)7-8-17(19(11)29-2)24-10-16(21(27)28)15(9-18(24)25)12-3-5-13(22)6-4-12/h3-8,10,15H,9H2,1-2H3,(H2,23,26)(H,27,28). The van der Waals surface area contributed by atoms with Crippen LogP contribution in [0.25, 0.3) is 0 Å². The van der Waals surface area contributed by atoms with E-state index in [0.717, 1.165) is 0 Å². The van der Waals surface area contributed by atoms with Gasteiger partial charge in [-0.1, -0.05) is 12.1 Å². The molecule has 0 saturated carbocycles. The summed E-state index contributed by atoms with van der Waals surface area (Å²) in [6.45, 7) is 1.62. The summed E-state index contributed by atoms with van der Waals surface area (Å²) < 4.78 is 18.6. The third-order valence-electron chi connectivity index (χ3n) is 4.92. The van der Waals surface area contributed by atoms with Crippen LogP contribution in [0.1, 0.15) is 33.8 Å². The second kappa shape index (κ2) is 7.75. The van der Waals surface area contributed by atoms with Crippen molar-refractivity contribution >= 4 is 23.5 Å². The van der Waals surface area contributed by atoms with E-state index in [2.05, 4.69) is 0 Å². The van der Waals surface area contributed by atoms with E-state index in [9.17, 15) is 23.9 Å². The highest BCUT2D eigenvalue weighted by molar-refractivity contribution is 6.04. The number of carboxylic acids is 1. The molecule has 29 heavy (non-hydrogen) atoms. The zero-order chi connectivity index (χ0) is 21.3. The molecule has 150 valence electrons. The van der Waals surface area contributed by atoms with Crippen LogP contribution < -0.4 is 15.4 Å². The predicted molar refractivity (Wildman–Crippen MR) is 103 cm³/mol. The molecule has 2 aromatic carbocycles. The van der Waals surface area contributed by atoms with E-state index in [-0.39, 0.29) is 29.2 Å². The van der Waals surface area contributed by atoms with E-state index in [4.69, 9.17) is 10.5 Å². The average Bonchev–Trinajstić information content (AvgIpc) is 2.67. The molecule has 0 bridgehead atoms. The van der Waals surface area contributed by atoms with Crippen molar-refractivity contribution in [1.82, 2.24) is 0 Å². The van der Waals surface area contributed by atoms with Crippen molar-refractivity contribution in [1.29, 1.82) is 0 Å². The van der Waals surface area contributed by atoms with Crippen LogP contribution in [0.4, 0.5) is 10.1 Å². The Morgan fingerprint density at radius 3 is 2.41 bits per heavy atom. The SMILES string of the molecule is COc1c(N2C=C(C(=O)O)C(c3ccc(F)cc3)CC2=O)ccc(C(N)=O)c1C. The monoisotopic (exact) mass is 398 g/mol. The molecular formula is C21H19FN2O5. The van der Waals surface area contributed by atoms with E-state index >= 15 is 0 Å². The van der Waals surface area contributed by atoms with Gasteiger partial charge in [0.25, 0.3) is 0 Å². The summed E-state index contributed by atoms with van der Waals surface area (Å²) >= 11 is 0. The number of rotatable bonds is 5. The number of primary amides is 1. The summed E-state index contributed by atoms with van der Waals surface area (Å²) in [7, 11) is 1.38. The molecule has 1 atom stereocenters. The summed E-state index contributed by atoms with van der Waals surface area (Å²) in [6.07, 6.45) is 1.12. The largest absolute Gasteiger partial charge is 0.494 e. The lowest BCUT2D eigenvalue weighted by molar-refractivity contribution is -0.133. The molecule has 0 aliphatic carbocycles. The minimum Gasteiger partial charge on any atom is -0.494 e. The molecular weight excluding hydrogens is 379 g/mol. The van der Waals surface area contributed by atoms with E-state index in [1.807, 2.05) is 0 Å². The number of methoxy groups -OCH3 is 1. The highest BCUT2D eigenvalue weighted by atomic mass is 19.1. The molecule has 0 aromatic heterocycles. The Hall–Kier alpha value is -3.68. The number of nitrogens with two attached hydrogens (primary N) is 1. The van der Waals surface area contributed by atoms with Gasteiger partial charge in [0.1, 0.15) is 11.6 Å². The number of hydrogen-bond acceptors (Lipinski definition) is 4. The van der Waals surface area contributed by atoms with Gasteiger partial charge in [0, 0.05) is 29.7 Å². The minimum absolute atomic E-state index is 0.0186. The Bertz CT molecular complexity index is 1030. The number of ether oxygens (including phenoxy) is 1. The molecule has 1 aliphatic rings. The normalized spacial score (nSPS) is 16.4. The van der Waals surface area contributed by atoms with Crippen molar-refractivity contribution in [3.05, 3.63) is 70.7 Å². The van der Waals surface area contributed by atoms with Crippen LogP contribution in [0, 0.1) is 12.7 Å². The smallest absolute Gasteiger partial charge is 0.333 e. The van der Waals surface area contributed by atoms with Gasteiger partial charge in [-0.05, 0) is 36.8 Å². The Morgan fingerprint density at radius 2 is 1.86 bits per heavy atom. The number of halogens is 1. The number of carbonyl (C=O) groups is 3. The first-order chi connectivity index (χ1) is 13.7. The van der Waals surface area contributed by atoms with Gasteiger partial charge in [-0.2, -0.15) is 0 Å². The summed E-state index contributed by atoms with van der Waals surface area (Å²) in [5.41, 5.74) is 6.85. The minimum atomic E-state index is -1.19. The molecule has 3 N–H and O–H groups in total. The molecule has 1 unspecified atom stereocenters. The van der Waals surface area contributed by atoms with Crippen molar-refractivity contribution in [2.24, 2.45) is 5.73 Å². The summed E-state index contributed by atoms with van der Waals surface area (Å²) in [5, 5.41) is 9.70. The van der Waals surface area contributed by atoms with Crippen LogP contribution in [0.2, 0.25) is 0 Å². The van der Waals surface area contributed by atoms with Crippen molar-refractivity contribution in [2.45, 2.75) is 19.3 Å². The van der Waals surface area contributed by atoms with Crippen LogP contribution in [-0.2, 0) is 9.59 Å². The lowest BCUT2D eigenvalue weighted by atomic mass is 9.85. The predicted octanol–water partition coefficient (Wildman–Crippen LogP) is 2.73.